The van der Waals surface area contributed by atoms with Gasteiger partial charge in [-0.05, 0) is 44.0 Å². The summed E-state index contributed by atoms with van der Waals surface area (Å²) >= 11 is 5.96. The van der Waals surface area contributed by atoms with Crippen LogP contribution in [-0.4, -0.2) is 32.3 Å². The van der Waals surface area contributed by atoms with Gasteiger partial charge in [-0.2, -0.15) is 5.10 Å². The maximum absolute atomic E-state index is 12.2. The molecule has 7 heteroatoms. The Balaban J connectivity index is 1.86. The van der Waals surface area contributed by atoms with Crippen molar-refractivity contribution in [2.45, 2.75) is 25.3 Å². The number of carbonyl (C=O) groups is 2. The summed E-state index contributed by atoms with van der Waals surface area (Å²) in [6.07, 6.45) is 0.893. The fourth-order valence-corrected chi connectivity index (χ4v) is 2.44. The summed E-state index contributed by atoms with van der Waals surface area (Å²) < 4.78 is 1.60. The zero-order chi connectivity index (χ0) is 15.9. The summed E-state index contributed by atoms with van der Waals surface area (Å²) in [7, 11) is 0. The third kappa shape index (κ3) is 2.57. The number of nitrogens with one attached hydrogen (secondary N) is 1. The van der Waals surface area contributed by atoms with Crippen molar-refractivity contribution in [3.63, 3.8) is 0 Å². The Hall–Kier alpha value is -2.34. The number of nitrogens with zero attached hydrogens (tertiary/aromatic N) is 2. The molecule has 114 valence electrons. The second-order valence-electron chi connectivity index (χ2n) is 5.40. The number of hydrogen-bond acceptors (Lipinski definition) is 3. The van der Waals surface area contributed by atoms with Gasteiger partial charge in [0.2, 0.25) is 0 Å². The van der Waals surface area contributed by atoms with Gasteiger partial charge in [-0.3, -0.25) is 4.79 Å². The van der Waals surface area contributed by atoms with Gasteiger partial charge >= 0.3 is 5.97 Å². The first-order valence-corrected chi connectivity index (χ1v) is 7.18. The largest absolute Gasteiger partial charge is 0.480 e. The third-order valence-corrected chi connectivity index (χ3v) is 3.92. The van der Waals surface area contributed by atoms with Gasteiger partial charge in [0, 0.05) is 10.7 Å². The molecule has 1 aromatic heterocycles. The minimum Gasteiger partial charge on any atom is -0.480 e. The quantitative estimate of drug-likeness (QED) is 0.904. The lowest BCUT2D eigenvalue weighted by molar-refractivity contribution is -0.140. The van der Waals surface area contributed by atoms with Crippen LogP contribution >= 0.6 is 11.6 Å². The molecule has 2 aromatic rings. The van der Waals surface area contributed by atoms with Crippen molar-refractivity contribution in [3.05, 3.63) is 46.7 Å². The van der Waals surface area contributed by atoms with Crippen LogP contribution in [0.15, 0.2) is 30.3 Å². The molecular weight excluding hydrogens is 306 g/mol. The lowest BCUT2D eigenvalue weighted by Gasteiger charge is -2.10. The lowest BCUT2D eigenvalue weighted by atomic mass is 10.2. The average Bonchev–Trinajstić information content (AvgIpc) is 3.14. The van der Waals surface area contributed by atoms with E-state index in [2.05, 4.69) is 10.4 Å². The number of carboxylic acids is 1. The van der Waals surface area contributed by atoms with E-state index in [0.29, 0.717) is 17.9 Å². The first-order chi connectivity index (χ1) is 10.4. The number of rotatable bonds is 4. The molecule has 0 atom stereocenters. The highest BCUT2D eigenvalue weighted by Gasteiger charge is 2.51. The van der Waals surface area contributed by atoms with Crippen LogP contribution in [-0.2, 0) is 4.79 Å². The molecule has 0 bridgehead atoms. The van der Waals surface area contributed by atoms with Crippen molar-refractivity contribution < 1.29 is 14.7 Å². The number of aryl methyl sites for hydroxylation is 1. The van der Waals surface area contributed by atoms with Gasteiger partial charge in [0.15, 0.2) is 5.69 Å². The Morgan fingerprint density at radius 2 is 2.09 bits per heavy atom. The van der Waals surface area contributed by atoms with Gasteiger partial charge in [-0.1, -0.05) is 17.7 Å². The van der Waals surface area contributed by atoms with Crippen LogP contribution in [0.25, 0.3) is 5.69 Å². The van der Waals surface area contributed by atoms with Gasteiger partial charge in [-0.25, -0.2) is 9.48 Å². The van der Waals surface area contributed by atoms with E-state index in [1.165, 1.54) is 0 Å². The molecule has 1 amide bonds. The summed E-state index contributed by atoms with van der Waals surface area (Å²) in [5.74, 6) is -1.49. The number of carboxylic acid groups (broad SMARTS) is 1. The van der Waals surface area contributed by atoms with Crippen molar-refractivity contribution in [1.82, 2.24) is 15.1 Å². The van der Waals surface area contributed by atoms with Gasteiger partial charge in [0.1, 0.15) is 5.54 Å². The van der Waals surface area contributed by atoms with E-state index in [9.17, 15) is 9.59 Å². The Kier molecular flexibility index (Phi) is 3.41. The molecule has 1 aliphatic carbocycles. The van der Waals surface area contributed by atoms with Crippen LogP contribution in [0.3, 0.4) is 0 Å². The summed E-state index contributed by atoms with van der Waals surface area (Å²) in [6, 6.07) is 8.73. The predicted molar refractivity (Wildman–Crippen MR) is 80.4 cm³/mol. The number of carbonyl (C=O) groups excluding carboxylic acids is 1. The molecule has 3 rings (SSSR count). The zero-order valence-corrected chi connectivity index (χ0v) is 12.6. The lowest BCUT2D eigenvalue weighted by Crippen LogP contribution is -2.43. The SMILES string of the molecule is Cc1cc(C(=O)NC2(C(=O)O)CC2)nn1-c1cccc(Cl)c1. The molecule has 1 saturated carbocycles. The highest BCUT2D eigenvalue weighted by molar-refractivity contribution is 6.30. The number of aliphatic carboxylic acids is 1. The zero-order valence-electron chi connectivity index (χ0n) is 11.8. The molecule has 1 aromatic carbocycles. The van der Waals surface area contributed by atoms with E-state index >= 15 is 0 Å². The molecule has 0 unspecified atom stereocenters. The highest BCUT2D eigenvalue weighted by atomic mass is 35.5. The summed E-state index contributed by atoms with van der Waals surface area (Å²) in [4.78, 5) is 23.3. The summed E-state index contributed by atoms with van der Waals surface area (Å²) in [6.45, 7) is 1.81. The Labute approximate surface area is 131 Å². The second-order valence-corrected chi connectivity index (χ2v) is 5.84. The van der Waals surface area contributed by atoms with E-state index in [0.717, 1.165) is 11.4 Å². The minimum absolute atomic E-state index is 0.185. The standard InChI is InChI=1S/C15H14ClN3O3/c1-9-7-12(13(20)17-15(5-6-15)14(21)22)18-19(9)11-4-2-3-10(16)8-11/h2-4,7-8H,5-6H2,1H3,(H,17,20)(H,21,22). The van der Waals surface area contributed by atoms with Crippen molar-refractivity contribution in [1.29, 1.82) is 0 Å². The van der Waals surface area contributed by atoms with Crippen molar-refractivity contribution in [3.8, 4) is 5.69 Å². The van der Waals surface area contributed by atoms with E-state index in [1.807, 2.05) is 13.0 Å². The van der Waals surface area contributed by atoms with E-state index in [1.54, 1.807) is 28.9 Å². The molecule has 6 nitrogen and oxygen atoms in total. The average molecular weight is 320 g/mol. The van der Waals surface area contributed by atoms with Crippen LogP contribution < -0.4 is 5.32 Å². The molecule has 0 saturated heterocycles. The molecule has 0 aliphatic heterocycles. The molecule has 1 fully saturated rings. The van der Waals surface area contributed by atoms with E-state index in [4.69, 9.17) is 16.7 Å². The molecule has 1 aliphatic rings. The Morgan fingerprint density at radius 1 is 1.36 bits per heavy atom. The summed E-state index contributed by atoms with van der Waals surface area (Å²) in [5, 5.41) is 16.5. The second kappa shape index (κ2) is 5.14. The number of amides is 1. The van der Waals surface area contributed by atoms with Crippen LogP contribution in [0.4, 0.5) is 0 Å². The third-order valence-electron chi connectivity index (χ3n) is 3.69. The number of benzene rings is 1. The van der Waals surface area contributed by atoms with Crippen molar-refractivity contribution in [2.24, 2.45) is 0 Å². The number of hydrogen-bond donors (Lipinski definition) is 2. The van der Waals surface area contributed by atoms with Crippen molar-refractivity contribution in [2.75, 3.05) is 0 Å². The van der Waals surface area contributed by atoms with Crippen LogP contribution in [0.5, 0.6) is 0 Å². The molecule has 1 heterocycles. The Morgan fingerprint density at radius 3 is 2.68 bits per heavy atom. The number of halogens is 1. The van der Waals surface area contributed by atoms with Crippen molar-refractivity contribution >= 4 is 23.5 Å². The monoisotopic (exact) mass is 319 g/mol. The fraction of sp³-hybridized carbons (Fsp3) is 0.267. The molecule has 2 N–H and O–H groups in total. The first-order valence-electron chi connectivity index (χ1n) is 6.80. The molecule has 0 spiro atoms. The van der Waals surface area contributed by atoms with Crippen LogP contribution in [0.2, 0.25) is 5.02 Å². The van der Waals surface area contributed by atoms with Crippen LogP contribution in [0, 0.1) is 6.92 Å². The molecule has 0 radical (unpaired) electrons. The molecule has 22 heavy (non-hydrogen) atoms. The Bertz CT molecular complexity index is 765. The van der Waals surface area contributed by atoms with Gasteiger partial charge in [0.05, 0.1) is 5.69 Å². The van der Waals surface area contributed by atoms with Gasteiger partial charge in [0.25, 0.3) is 5.91 Å². The van der Waals surface area contributed by atoms with E-state index < -0.39 is 17.4 Å². The van der Waals surface area contributed by atoms with Crippen LogP contribution in [0.1, 0.15) is 29.0 Å². The predicted octanol–water partition coefficient (Wildman–Crippen LogP) is 2.18. The normalized spacial score (nSPS) is 15.4. The fourth-order valence-electron chi connectivity index (χ4n) is 2.25. The maximum atomic E-state index is 12.2. The topological polar surface area (TPSA) is 84.2 Å². The smallest absolute Gasteiger partial charge is 0.329 e. The van der Waals surface area contributed by atoms with E-state index in [-0.39, 0.29) is 5.69 Å². The molecular formula is C15H14ClN3O3. The number of aromatic nitrogens is 2. The summed E-state index contributed by atoms with van der Waals surface area (Å²) in [5.41, 5.74) is 0.561. The first kappa shape index (κ1) is 14.6. The maximum Gasteiger partial charge on any atom is 0.329 e. The minimum atomic E-state index is -1.12. The van der Waals surface area contributed by atoms with Gasteiger partial charge in [-0.15, -0.1) is 0 Å². The highest BCUT2D eigenvalue weighted by Crippen LogP contribution is 2.35. The van der Waals surface area contributed by atoms with Gasteiger partial charge < -0.3 is 10.4 Å².